The van der Waals surface area contributed by atoms with Crippen LogP contribution in [0.5, 0.6) is 0 Å². The van der Waals surface area contributed by atoms with Gasteiger partial charge in [0.2, 0.25) is 0 Å². The van der Waals surface area contributed by atoms with Crippen LogP contribution >= 0.6 is 0 Å². The van der Waals surface area contributed by atoms with Gasteiger partial charge < -0.3 is 5.32 Å². The quantitative estimate of drug-likeness (QED) is 0.874. The zero-order chi connectivity index (χ0) is 13.1. The van der Waals surface area contributed by atoms with E-state index in [9.17, 15) is 14.0 Å². The van der Waals surface area contributed by atoms with Gasteiger partial charge in [0.15, 0.2) is 0 Å². The maximum absolute atomic E-state index is 13.3. The molecule has 0 radical (unpaired) electrons. The lowest BCUT2D eigenvalue weighted by atomic mass is 9.94. The second-order valence-corrected chi connectivity index (χ2v) is 4.75. The van der Waals surface area contributed by atoms with Gasteiger partial charge in [-0.05, 0) is 37.5 Å². The molecule has 96 valence electrons. The molecule has 0 spiro atoms. The van der Waals surface area contributed by atoms with Crippen molar-refractivity contribution in [2.75, 3.05) is 0 Å². The number of halogens is 1. The predicted octanol–water partition coefficient (Wildman–Crippen LogP) is 2.38. The Morgan fingerprint density at radius 1 is 1.33 bits per heavy atom. The van der Waals surface area contributed by atoms with Crippen molar-refractivity contribution < 1.29 is 14.0 Å². The first kappa shape index (κ1) is 12.7. The molecule has 1 saturated carbocycles. The molecule has 0 unspecified atom stereocenters. The maximum Gasteiger partial charge on any atom is 0.251 e. The van der Waals surface area contributed by atoms with Crippen molar-refractivity contribution in [2.24, 2.45) is 0 Å². The Labute approximate surface area is 105 Å². The van der Waals surface area contributed by atoms with Gasteiger partial charge in [-0.3, -0.25) is 9.59 Å². The molecule has 1 amide bonds. The fourth-order valence-electron chi connectivity index (χ4n) is 2.09. The molecular formula is C14H16FNO2. The monoisotopic (exact) mass is 249 g/mol. The van der Waals surface area contributed by atoms with Crippen LogP contribution < -0.4 is 5.32 Å². The van der Waals surface area contributed by atoms with Crippen LogP contribution in [0.25, 0.3) is 0 Å². The molecular weight excluding hydrogens is 233 g/mol. The van der Waals surface area contributed by atoms with E-state index < -0.39 is 0 Å². The van der Waals surface area contributed by atoms with Gasteiger partial charge >= 0.3 is 0 Å². The molecule has 1 aromatic rings. The molecule has 0 saturated heterocycles. The molecule has 2 rings (SSSR count). The zero-order valence-corrected chi connectivity index (χ0v) is 10.3. The molecule has 0 heterocycles. The van der Waals surface area contributed by atoms with Gasteiger partial charge in [-0.2, -0.15) is 0 Å². The molecule has 1 N–H and O–H groups in total. The molecule has 0 atom stereocenters. The summed E-state index contributed by atoms with van der Waals surface area (Å²) in [5.41, 5.74) is 0.852. The lowest BCUT2D eigenvalue weighted by molar-refractivity contribution is -0.120. The van der Waals surface area contributed by atoms with Crippen LogP contribution in [0.1, 0.15) is 41.6 Å². The Morgan fingerprint density at radius 2 is 2.00 bits per heavy atom. The summed E-state index contributed by atoms with van der Waals surface area (Å²) in [7, 11) is 0. The predicted molar refractivity (Wildman–Crippen MR) is 65.9 cm³/mol. The second kappa shape index (κ2) is 5.29. The molecule has 0 bridgehead atoms. The number of amides is 1. The summed E-state index contributed by atoms with van der Waals surface area (Å²) in [4.78, 5) is 23.0. The van der Waals surface area contributed by atoms with Crippen molar-refractivity contribution in [3.63, 3.8) is 0 Å². The molecule has 3 nitrogen and oxygen atoms in total. The standard InChI is InChI=1S/C14H16FNO2/c1-9-2-3-10(8-13(9)15)14(18)16-11-4-6-12(17)7-5-11/h2-3,8,11H,4-7H2,1H3,(H,16,18). The second-order valence-electron chi connectivity index (χ2n) is 4.75. The van der Waals surface area contributed by atoms with E-state index in [4.69, 9.17) is 0 Å². The molecule has 0 aromatic heterocycles. The average molecular weight is 249 g/mol. The number of carbonyl (C=O) groups excluding carboxylic acids is 2. The number of ketones is 1. The minimum absolute atomic E-state index is 0.0274. The number of Topliss-reactive ketones (excluding diaryl/α,β-unsaturated/α-hetero) is 1. The number of nitrogens with one attached hydrogen (secondary N) is 1. The highest BCUT2D eigenvalue weighted by molar-refractivity contribution is 5.94. The van der Waals surface area contributed by atoms with Gasteiger partial charge in [0.1, 0.15) is 11.6 Å². The number of hydrogen-bond donors (Lipinski definition) is 1. The first-order chi connectivity index (χ1) is 8.56. The lowest BCUT2D eigenvalue weighted by Gasteiger charge is -2.22. The van der Waals surface area contributed by atoms with E-state index in [0.29, 0.717) is 36.8 Å². The van der Waals surface area contributed by atoms with E-state index in [1.807, 2.05) is 0 Å². The van der Waals surface area contributed by atoms with Crippen LogP contribution in [0.3, 0.4) is 0 Å². The maximum atomic E-state index is 13.3. The van der Waals surface area contributed by atoms with Gasteiger partial charge in [-0.1, -0.05) is 6.07 Å². The molecule has 18 heavy (non-hydrogen) atoms. The van der Waals surface area contributed by atoms with Gasteiger partial charge in [-0.15, -0.1) is 0 Å². The molecule has 1 aromatic carbocycles. The van der Waals surface area contributed by atoms with Crippen molar-refractivity contribution >= 4 is 11.7 Å². The number of aryl methyl sites for hydroxylation is 1. The molecule has 4 heteroatoms. The first-order valence-electron chi connectivity index (χ1n) is 6.15. The van der Waals surface area contributed by atoms with E-state index in [1.54, 1.807) is 19.1 Å². The highest BCUT2D eigenvalue weighted by Crippen LogP contribution is 2.16. The number of rotatable bonds is 2. The topological polar surface area (TPSA) is 46.2 Å². The van der Waals surface area contributed by atoms with E-state index >= 15 is 0 Å². The SMILES string of the molecule is Cc1ccc(C(=O)NC2CCC(=O)CC2)cc1F. The zero-order valence-electron chi connectivity index (χ0n) is 10.3. The Balaban J connectivity index is 1.99. The fraction of sp³-hybridized carbons (Fsp3) is 0.429. The third kappa shape index (κ3) is 2.94. The van der Waals surface area contributed by atoms with Crippen LogP contribution in [-0.4, -0.2) is 17.7 Å². The van der Waals surface area contributed by atoms with Gasteiger partial charge in [0.05, 0.1) is 0 Å². The number of benzene rings is 1. The van der Waals surface area contributed by atoms with Gasteiger partial charge in [0, 0.05) is 24.4 Å². The average Bonchev–Trinajstić information content (AvgIpc) is 2.35. The van der Waals surface area contributed by atoms with Crippen molar-refractivity contribution in [1.29, 1.82) is 0 Å². The molecule has 1 fully saturated rings. The van der Waals surface area contributed by atoms with Crippen molar-refractivity contribution in [3.8, 4) is 0 Å². The smallest absolute Gasteiger partial charge is 0.251 e. The first-order valence-corrected chi connectivity index (χ1v) is 6.15. The highest BCUT2D eigenvalue weighted by atomic mass is 19.1. The summed E-state index contributed by atoms with van der Waals surface area (Å²) in [5.74, 6) is -0.392. The third-order valence-corrected chi connectivity index (χ3v) is 3.31. The van der Waals surface area contributed by atoms with E-state index in [1.165, 1.54) is 6.07 Å². The molecule has 1 aliphatic rings. The van der Waals surface area contributed by atoms with E-state index in [2.05, 4.69) is 5.32 Å². The molecule has 1 aliphatic carbocycles. The van der Waals surface area contributed by atoms with Crippen LogP contribution in [-0.2, 0) is 4.79 Å². The van der Waals surface area contributed by atoms with Gasteiger partial charge in [0.25, 0.3) is 5.91 Å². The summed E-state index contributed by atoms with van der Waals surface area (Å²) in [6, 6.07) is 4.48. The Hall–Kier alpha value is -1.71. The van der Waals surface area contributed by atoms with Crippen molar-refractivity contribution in [2.45, 2.75) is 38.6 Å². The summed E-state index contributed by atoms with van der Waals surface area (Å²) in [6.07, 6.45) is 2.40. The molecule has 0 aliphatic heterocycles. The van der Waals surface area contributed by atoms with Crippen molar-refractivity contribution in [1.82, 2.24) is 5.32 Å². The fourth-order valence-corrected chi connectivity index (χ4v) is 2.09. The normalized spacial score (nSPS) is 16.7. The number of carbonyl (C=O) groups is 2. The van der Waals surface area contributed by atoms with Crippen LogP contribution in [0.15, 0.2) is 18.2 Å². The van der Waals surface area contributed by atoms with Crippen LogP contribution in [0.4, 0.5) is 4.39 Å². The Bertz CT molecular complexity index is 475. The summed E-state index contributed by atoms with van der Waals surface area (Å²) < 4.78 is 13.3. The van der Waals surface area contributed by atoms with Crippen LogP contribution in [0, 0.1) is 12.7 Å². The van der Waals surface area contributed by atoms with E-state index in [0.717, 1.165) is 0 Å². The lowest BCUT2D eigenvalue weighted by Crippen LogP contribution is -2.37. The minimum atomic E-state index is -0.374. The summed E-state index contributed by atoms with van der Waals surface area (Å²) in [6.45, 7) is 1.66. The Morgan fingerprint density at radius 3 is 2.61 bits per heavy atom. The Kier molecular flexibility index (Phi) is 3.75. The van der Waals surface area contributed by atoms with Gasteiger partial charge in [-0.25, -0.2) is 4.39 Å². The third-order valence-electron chi connectivity index (χ3n) is 3.31. The highest BCUT2D eigenvalue weighted by Gasteiger charge is 2.20. The van der Waals surface area contributed by atoms with E-state index in [-0.39, 0.29) is 23.5 Å². The largest absolute Gasteiger partial charge is 0.349 e. The minimum Gasteiger partial charge on any atom is -0.349 e. The summed E-state index contributed by atoms with van der Waals surface area (Å²) >= 11 is 0. The number of hydrogen-bond acceptors (Lipinski definition) is 2. The van der Waals surface area contributed by atoms with Crippen LogP contribution in [0.2, 0.25) is 0 Å². The van der Waals surface area contributed by atoms with Crippen molar-refractivity contribution in [3.05, 3.63) is 35.1 Å². The summed E-state index contributed by atoms with van der Waals surface area (Å²) in [5, 5.41) is 2.84.